The summed E-state index contributed by atoms with van der Waals surface area (Å²) in [5.74, 6) is -1.21. The molecule has 0 spiro atoms. The van der Waals surface area contributed by atoms with E-state index in [2.05, 4.69) is 10.4 Å². The first-order valence-electron chi connectivity index (χ1n) is 9.94. The lowest BCUT2D eigenvalue weighted by molar-refractivity contribution is -0.125. The molecule has 8 heteroatoms. The van der Waals surface area contributed by atoms with Crippen molar-refractivity contribution in [2.24, 2.45) is 7.05 Å². The number of ether oxygens (including phenoxy) is 1. The fraction of sp³-hybridized carbons (Fsp3) is 0.167. The number of ketones is 1. The van der Waals surface area contributed by atoms with Crippen molar-refractivity contribution in [3.63, 3.8) is 0 Å². The van der Waals surface area contributed by atoms with E-state index < -0.39 is 18.0 Å². The molecule has 1 amide bonds. The highest BCUT2D eigenvalue weighted by Crippen LogP contribution is 2.30. The molecule has 1 atom stereocenters. The van der Waals surface area contributed by atoms with Crippen molar-refractivity contribution in [2.45, 2.75) is 20.0 Å². The number of benzene rings is 2. The second-order valence-corrected chi connectivity index (χ2v) is 8.39. The summed E-state index contributed by atoms with van der Waals surface area (Å²) in [5.41, 5.74) is 2.29. The highest BCUT2D eigenvalue weighted by atomic mass is 32.1. The highest BCUT2D eigenvalue weighted by molar-refractivity contribution is 7.20. The second kappa shape index (κ2) is 8.76. The molecule has 32 heavy (non-hydrogen) atoms. The molecule has 162 valence electrons. The molecule has 0 aliphatic rings. The number of aromatic nitrogens is 2. The van der Waals surface area contributed by atoms with Crippen LogP contribution in [0.2, 0.25) is 0 Å². The third-order valence-electron chi connectivity index (χ3n) is 5.00. The average Bonchev–Trinajstić information content (AvgIpc) is 3.34. The molecule has 2 aromatic heterocycles. The lowest BCUT2D eigenvalue weighted by Gasteiger charge is -2.18. The molecule has 4 aromatic rings. The van der Waals surface area contributed by atoms with Gasteiger partial charge in [-0.05, 0) is 32.0 Å². The van der Waals surface area contributed by atoms with Gasteiger partial charge in [-0.2, -0.15) is 5.10 Å². The number of aryl methyl sites for hydroxylation is 2. The summed E-state index contributed by atoms with van der Waals surface area (Å²) in [6.45, 7) is 3.33. The van der Waals surface area contributed by atoms with E-state index in [1.54, 1.807) is 59.3 Å². The Morgan fingerprint density at radius 3 is 2.50 bits per heavy atom. The molecule has 2 heterocycles. The Bertz CT molecular complexity index is 1290. The number of nitrogens with zero attached hydrogens (tertiary/aromatic N) is 2. The van der Waals surface area contributed by atoms with Crippen molar-refractivity contribution in [3.05, 3.63) is 82.4 Å². The van der Waals surface area contributed by atoms with Gasteiger partial charge < -0.3 is 10.1 Å². The van der Waals surface area contributed by atoms with Gasteiger partial charge in [0.2, 0.25) is 6.10 Å². The second-order valence-electron chi connectivity index (χ2n) is 7.36. The van der Waals surface area contributed by atoms with Crippen LogP contribution >= 0.6 is 11.3 Å². The van der Waals surface area contributed by atoms with Crippen LogP contribution in [0, 0.1) is 6.92 Å². The normalized spacial score (nSPS) is 11.8. The first kappa shape index (κ1) is 21.5. The minimum atomic E-state index is -1.16. The Labute approximate surface area is 188 Å². The van der Waals surface area contributed by atoms with Crippen LogP contribution in [-0.4, -0.2) is 27.4 Å². The van der Waals surface area contributed by atoms with Crippen LogP contribution in [0.15, 0.2) is 60.7 Å². The maximum Gasteiger partial charge on any atom is 0.349 e. The minimum Gasteiger partial charge on any atom is -0.443 e. The fourth-order valence-electron chi connectivity index (χ4n) is 3.40. The standard InChI is InChI=1S/C24H21N3O4S/c1-14-19-13-20(32-23(19)27(3)26-14)24(30)31-21(16-8-5-4-6-9-16)22(29)25-18-11-7-10-17(12-18)15(2)28/h4-13,21H,1-3H3,(H,25,29). The Morgan fingerprint density at radius 2 is 1.81 bits per heavy atom. The molecule has 0 saturated carbocycles. The summed E-state index contributed by atoms with van der Waals surface area (Å²) in [6.07, 6.45) is -1.16. The van der Waals surface area contributed by atoms with Crippen molar-refractivity contribution in [1.82, 2.24) is 9.78 Å². The molecule has 0 fully saturated rings. The summed E-state index contributed by atoms with van der Waals surface area (Å²) in [5, 5.41) is 7.97. The van der Waals surface area contributed by atoms with Gasteiger partial charge in [0.1, 0.15) is 9.71 Å². The average molecular weight is 448 g/mol. The van der Waals surface area contributed by atoms with E-state index in [0.29, 0.717) is 21.7 Å². The van der Waals surface area contributed by atoms with Gasteiger partial charge in [-0.1, -0.05) is 42.5 Å². The number of thiophene rings is 1. The number of Topliss-reactive ketones (excluding diaryl/α,β-unsaturated/α-hetero) is 1. The number of anilines is 1. The molecular weight excluding hydrogens is 426 g/mol. The molecule has 0 bridgehead atoms. The van der Waals surface area contributed by atoms with Crippen LogP contribution in [0.5, 0.6) is 0 Å². The minimum absolute atomic E-state index is 0.110. The maximum atomic E-state index is 13.1. The van der Waals surface area contributed by atoms with Gasteiger partial charge in [0, 0.05) is 29.2 Å². The number of carbonyl (C=O) groups excluding carboxylic acids is 3. The summed E-state index contributed by atoms with van der Waals surface area (Å²) < 4.78 is 7.39. The van der Waals surface area contributed by atoms with Crippen molar-refractivity contribution in [1.29, 1.82) is 0 Å². The van der Waals surface area contributed by atoms with Gasteiger partial charge in [-0.3, -0.25) is 14.3 Å². The molecule has 0 aliphatic heterocycles. The van der Waals surface area contributed by atoms with Crippen molar-refractivity contribution >= 4 is 44.9 Å². The Kier molecular flexibility index (Phi) is 5.87. The van der Waals surface area contributed by atoms with Crippen molar-refractivity contribution < 1.29 is 19.1 Å². The Morgan fingerprint density at radius 1 is 1.06 bits per heavy atom. The molecule has 1 unspecified atom stereocenters. The number of amides is 1. The summed E-state index contributed by atoms with van der Waals surface area (Å²) in [6, 6.07) is 17.2. The zero-order valence-electron chi connectivity index (χ0n) is 17.8. The first-order valence-corrected chi connectivity index (χ1v) is 10.8. The van der Waals surface area contributed by atoms with Crippen LogP contribution < -0.4 is 5.32 Å². The third kappa shape index (κ3) is 4.31. The van der Waals surface area contributed by atoms with Crippen LogP contribution in [0.25, 0.3) is 10.2 Å². The summed E-state index contributed by atoms with van der Waals surface area (Å²) in [7, 11) is 1.82. The van der Waals surface area contributed by atoms with E-state index in [1.807, 2.05) is 20.0 Å². The van der Waals surface area contributed by atoms with Gasteiger partial charge in [-0.15, -0.1) is 11.3 Å². The number of esters is 1. The van der Waals surface area contributed by atoms with Crippen molar-refractivity contribution in [2.75, 3.05) is 5.32 Å². The molecule has 0 radical (unpaired) electrons. The lowest BCUT2D eigenvalue weighted by Crippen LogP contribution is -2.25. The quantitative estimate of drug-likeness (QED) is 0.342. The molecular formula is C24H21N3O4S. The number of hydrogen-bond donors (Lipinski definition) is 1. The van der Waals surface area contributed by atoms with Crippen molar-refractivity contribution in [3.8, 4) is 0 Å². The van der Waals surface area contributed by atoms with Gasteiger partial charge in [0.15, 0.2) is 5.78 Å². The Hall–Kier alpha value is -3.78. The lowest BCUT2D eigenvalue weighted by atomic mass is 10.1. The van der Waals surface area contributed by atoms with E-state index in [0.717, 1.165) is 15.9 Å². The van der Waals surface area contributed by atoms with Gasteiger partial charge in [0.25, 0.3) is 5.91 Å². The molecule has 7 nitrogen and oxygen atoms in total. The maximum absolute atomic E-state index is 13.1. The largest absolute Gasteiger partial charge is 0.443 e. The molecule has 2 aromatic carbocycles. The molecule has 1 N–H and O–H groups in total. The topological polar surface area (TPSA) is 90.3 Å². The van der Waals surface area contributed by atoms with Crippen LogP contribution in [0.3, 0.4) is 0 Å². The predicted molar refractivity (Wildman–Crippen MR) is 123 cm³/mol. The number of hydrogen-bond acceptors (Lipinski definition) is 6. The highest BCUT2D eigenvalue weighted by Gasteiger charge is 2.27. The smallest absolute Gasteiger partial charge is 0.349 e. The van der Waals surface area contributed by atoms with Crippen LogP contribution in [0.4, 0.5) is 5.69 Å². The summed E-state index contributed by atoms with van der Waals surface area (Å²) >= 11 is 1.27. The number of nitrogens with one attached hydrogen (secondary N) is 1. The van der Waals surface area contributed by atoms with Crippen LogP contribution in [0.1, 0.15) is 44.3 Å². The molecule has 0 aliphatic carbocycles. The SMILES string of the molecule is CC(=O)c1cccc(NC(=O)C(OC(=O)c2cc3c(C)nn(C)c3s2)c2ccccc2)c1. The van der Waals surface area contributed by atoms with E-state index in [1.165, 1.54) is 18.3 Å². The number of fused-ring (bicyclic) bond motifs is 1. The van der Waals surface area contributed by atoms with Gasteiger partial charge >= 0.3 is 5.97 Å². The summed E-state index contributed by atoms with van der Waals surface area (Å²) in [4.78, 5) is 39.0. The number of carbonyl (C=O) groups is 3. The van der Waals surface area contributed by atoms with Gasteiger partial charge in [0.05, 0.1) is 5.69 Å². The Balaban J connectivity index is 1.61. The van der Waals surface area contributed by atoms with E-state index >= 15 is 0 Å². The van der Waals surface area contributed by atoms with E-state index in [-0.39, 0.29) is 5.78 Å². The van der Waals surface area contributed by atoms with E-state index in [4.69, 9.17) is 4.74 Å². The molecule has 4 rings (SSSR count). The molecule has 0 saturated heterocycles. The van der Waals surface area contributed by atoms with E-state index in [9.17, 15) is 14.4 Å². The fourth-order valence-corrected chi connectivity index (χ4v) is 4.40. The first-order chi connectivity index (χ1) is 15.3. The zero-order chi connectivity index (χ0) is 22.8. The predicted octanol–water partition coefficient (Wildman–Crippen LogP) is 4.68. The van der Waals surface area contributed by atoms with Gasteiger partial charge in [-0.25, -0.2) is 4.79 Å². The third-order valence-corrected chi connectivity index (χ3v) is 6.18. The zero-order valence-corrected chi connectivity index (χ0v) is 18.6. The van der Waals surface area contributed by atoms with Crippen LogP contribution in [-0.2, 0) is 16.6 Å². The number of rotatable bonds is 6. The monoisotopic (exact) mass is 447 g/mol.